The summed E-state index contributed by atoms with van der Waals surface area (Å²) in [5.41, 5.74) is 0.0634. The molecule has 0 amide bonds. The molecule has 0 bridgehead atoms. The maximum atomic E-state index is 14.0. The molecule has 0 fully saturated rings. The number of pyridine rings is 1. The van der Waals surface area contributed by atoms with Crippen LogP contribution in [0, 0.1) is 24.1 Å². The lowest BCUT2D eigenvalue weighted by molar-refractivity contribution is 0.606. The molecule has 3 aromatic heterocycles. The van der Waals surface area contributed by atoms with Crippen molar-refractivity contribution in [2.45, 2.75) is 13.5 Å². The van der Waals surface area contributed by atoms with Crippen LogP contribution in [0.4, 0.5) is 21.2 Å². The van der Waals surface area contributed by atoms with Crippen LogP contribution in [0.25, 0.3) is 15.9 Å². The standard InChI is InChI=1S/C25H18ClFN8O4S2/c1-13-5-16(11-29-10-13)35-24(36)32-22(34(25(35)37)12-14-3-4-18(27)15(6-14)9-28)30-19-8-21-20(7-17(19)26)31-23(40-21)33-41(2,38)39/h3-8,10-11H,12H2,1-2H3,(H,31,33)(H,30,32,36). The van der Waals surface area contributed by atoms with Crippen molar-refractivity contribution in [2.75, 3.05) is 16.3 Å². The van der Waals surface area contributed by atoms with E-state index in [9.17, 15) is 27.7 Å². The number of nitrogens with one attached hydrogen (secondary N) is 2. The third-order valence-electron chi connectivity index (χ3n) is 5.68. The van der Waals surface area contributed by atoms with E-state index in [1.54, 1.807) is 31.3 Å². The van der Waals surface area contributed by atoms with E-state index in [0.717, 1.165) is 32.8 Å². The van der Waals surface area contributed by atoms with Gasteiger partial charge >= 0.3 is 11.4 Å². The molecule has 0 radical (unpaired) electrons. The minimum atomic E-state index is -3.56. The summed E-state index contributed by atoms with van der Waals surface area (Å²) < 4.78 is 42.0. The van der Waals surface area contributed by atoms with Crippen LogP contribution in [0.5, 0.6) is 0 Å². The number of hydrogen-bond acceptors (Lipinski definition) is 10. The Hall–Kier alpha value is -4.65. The zero-order valence-electron chi connectivity index (χ0n) is 21.2. The lowest BCUT2D eigenvalue weighted by Crippen LogP contribution is -2.41. The normalized spacial score (nSPS) is 11.4. The van der Waals surface area contributed by atoms with Crippen LogP contribution in [-0.4, -0.2) is 38.8 Å². The molecule has 0 saturated heterocycles. The Morgan fingerprint density at radius 2 is 1.93 bits per heavy atom. The molecule has 2 aromatic carbocycles. The van der Waals surface area contributed by atoms with E-state index in [4.69, 9.17) is 11.6 Å². The molecule has 0 aliphatic carbocycles. The van der Waals surface area contributed by atoms with Crippen molar-refractivity contribution >= 4 is 59.9 Å². The first-order valence-corrected chi connectivity index (χ1v) is 14.7. The third kappa shape index (κ3) is 5.94. The number of benzene rings is 2. The Balaban J connectivity index is 1.65. The topological polar surface area (TPSA) is 165 Å². The summed E-state index contributed by atoms with van der Waals surface area (Å²) in [5.74, 6) is -0.898. The summed E-state index contributed by atoms with van der Waals surface area (Å²) in [7, 11) is -3.56. The fraction of sp³-hybridized carbons (Fsp3) is 0.120. The molecule has 3 heterocycles. The predicted molar refractivity (Wildman–Crippen MR) is 153 cm³/mol. The SMILES string of the molecule is Cc1cncc(-n2c(=O)nc(Nc3cc4sc(NS(C)(=O)=O)nc4cc3Cl)n(Cc3ccc(F)c(C#N)c3)c2=O)c1. The molecule has 0 atom stereocenters. The van der Waals surface area contributed by atoms with Crippen LogP contribution in [0.1, 0.15) is 16.7 Å². The van der Waals surface area contributed by atoms with E-state index in [2.05, 4.69) is 25.0 Å². The monoisotopic (exact) mass is 612 g/mol. The molecule has 12 nitrogen and oxygen atoms in total. The van der Waals surface area contributed by atoms with E-state index in [-0.39, 0.29) is 39.6 Å². The van der Waals surface area contributed by atoms with Crippen molar-refractivity contribution in [3.8, 4) is 11.8 Å². The minimum Gasteiger partial charge on any atom is -0.324 e. The Labute approximate surface area is 240 Å². The van der Waals surface area contributed by atoms with Gasteiger partial charge in [-0.15, -0.1) is 0 Å². The van der Waals surface area contributed by atoms with Gasteiger partial charge in [-0.25, -0.2) is 31.9 Å². The molecule has 0 spiro atoms. The number of thiazole rings is 1. The number of aryl methyl sites for hydroxylation is 1. The summed E-state index contributed by atoms with van der Waals surface area (Å²) in [5, 5.41) is 12.4. The summed E-state index contributed by atoms with van der Waals surface area (Å²) >= 11 is 7.52. The molecule has 16 heteroatoms. The van der Waals surface area contributed by atoms with Crippen LogP contribution in [0.2, 0.25) is 5.02 Å². The summed E-state index contributed by atoms with van der Waals surface area (Å²) in [6.45, 7) is 1.56. The number of fused-ring (bicyclic) bond motifs is 1. The molecular formula is C25H18ClFN8O4S2. The van der Waals surface area contributed by atoms with E-state index >= 15 is 0 Å². The van der Waals surface area contributed by atoms with Crippen LogP contribution in [-0.2, 0) is 16.6 Å². The Bertz CT molecular complexity index is 2120. The van der Waals surface area contributed by atoms with Crippen molar-refractivity contribution in [3.63, 3.8) is 0 Å². The summed E-state index contributed by atoms with van der Waals surface area (Å²) in [6.07, 6.45) is 3.91. The van der Waals surface area contributed by atoms with E-state index in [1.165, 1.54) is 24.4 Å². The fourth-order valence-corrected chi connectivity index (χ4v) is 5.85. The van der Waals surface area contributed by atoms with Crippen LogP contribution < -0.4 is 21.4 Å². The van der Waals surface area contributed by atoms with E-state index < -0.39 is 27.2 Å². The Morgan fingerprint density at radius 1 is 1.15 bits per heavy atom. The molecule has 41 heavy (non-hydrogen) atoms. The first kappa shape index (κ1) is 27.9. The van der Waals surface area contributed by atoms with Gasteiger partial charge in [0.15, 0.2) is 5.13 Å². The highest BCUT2D eigenvalue weighted by Gasteiger charge is 2.18. The third-order valence-corrected chi connectivity index (χ3v) is 7.62. The molecule has 5 rings (SSSR count). The van der Waals surface area contributed by atoms with Crippen molar-refractivity contribution < 1.29 is 12.8 Å². The second kappa shape index (κ2) is 10.7. The average Bonchev–Trinajstić information content (AvgIpc) is 3.26. The number of anilines is 3. The maximum Gasteiger partial charge on any atom is 0.359 e. The molecule has 0 aliphatic heterocycles. The van der Waals surface area contributed by atoms with Crippen LogP contribution >= 0.6 is 22.9 Å². The highest BCUT2D eigenvalue weighted by atomic mass is 35.5. The molecule has 208 valence electrons. The number of sulfonamides is 1. The zero-order chi connectivity index (χ0) is 29.5. The molecule has 5 aromatic rings. The maximum absolute atomic E-state index is 14.0. The van der Waals surface area contributed by atoms with Gasteiger partial charge < -0.3 is 5.32 Å². The van der Waals surface area contributed by atoms with E-state index in [0.29, 0.717) is 21.3 Å². The Kier molecular flexibility index (Phi) is 7.30. The first-order valence-electron chi connectivity index (χ1n) is 11.6. The Morgan fingerprint density at radius 3 is 2.63 bits per heavy atom. The molecule has 0 saturated carbocycles. The second-order valence-electron chi connectivity index (χ2n) is 8.89. The van der Waals surface area contributed by atoms with Gasteiger partial charge in [0.05, 0.1) is 51.2 Å². The number of nitrogens with zero attached hydrogens (tertiary/aromatic N) is 6. The minimum absolute atomic E-state index is 0.129. The first-order chi connectivity index (χ1) is 19.4. The van der Waals surface area contributed by atoms with Crippen LogP contribution in [0.15, 0.2) is 58.4 Å². The van der Waals surface area contributed by atoms with Gasteiger partial charge in [-0.1, -0.05) is 29.0 Å². The number of rotatable bonds is 7. The van der Waals surface area contributed by atoms with Crippen molar-refractivity contribution in [3.05, 3.63) is 97.3 Å². The summed E-state index contributed by atoms with van der Waals surface area (Å²) in [4.78, 5) is 39.2. The number of hydrogen-bond donors (Lipinski definition) is 2. The van der Waals surface area contributed by atoms with Gasteiger partial charge in [-0.2, -0.15) is 10.2 Å². The van der Waals surface area contributed by atoms with Crippen molar-refractivity contribution in [1.29, 1.82) is 5.26 Å². The van der Waals surface area contributed by atoms with Crippen LogP contribution in [0.3, 0.4) is 0 Å². The number of nitriles is 1. The van der Waals surface area contributed by atoms with Gasteiger partial charge in [0.25, 0.3) is 0 Å². The molecular weight excluding hydrogens is 595 g/mol. The predicted octanol–water partition coefficient (Wildman–Crippen LogP) is 3.53. The van der Waals surface area contributed by atoms with Gasteiger partial charge in [-0.05, 0) is 48.4 Å². The highest BCUT2D eigenvalue weighted by molar-refractivity contribution is 7.92. The molecule has 0 aliphatic rings. The lowest BCUT2D eigenvalue weighted by atomic mass is 10.1. The van der Waals surface area contributed by atoms with E-state index in [1.807, 2.05) is 0 Å². The van der Waals surface area contributed by atoms with Gasteiger partial charge in [-0.3, -0.25) is 14.3 Å². The zero-order valence-corrected chi connectivity index (χ0v) is 23.6. The number of aromatic nitrogens is 5. The van der Waals surface area contributed by atoms with Crippen molar-refractivity contribution in [1.82, 2.24) is 24.1 Å². The van der Waals surface area contributed by atoms with Gasteiger partial charge in [0.1, 0.15) is 11.9 Å². The highest BCUT2D eigenvalue weighted by Crippen LogP contribution is 2.34. The smallest absolute Gasteiger partial charge is 0.324 e. The number of halogens is 2. The largest absolute Gasteiger partial charge is 0.359 e. The van der Waals surface area contributed by atoms with Gasteiger partial charge in [0, 0.05) is 6.20 Å². The van der Waals surface area contributed by atoms with Gasteiger partial charge in [0.2, 0.25) is 16.0 Å². The second-order valence-corrected chi connectivity index (χ2v) is 12.1. The quantitative estimate of drug-likeness (QED) is 0.280. The summed E-state index contributed by atoms with van der Waals surface area (Å²) in [6, 6.07) is 10.2. The lowest BCUT2D eigenvalue weighted by Gasteiger charge is -2.16. The fourth-order valence-electron chi connectivity index (χ4n) is 3.92. The molecule has 0 unspecified atom stereocenters. The average molecular weight is 613 g/mol. The van der Waals surface area contributed by atoms with Crippen molar-refractivity contribution in [2.24, 2.45) is 0 Å². The molecule has 2 N–H and O–H groups in total.